The van der Waals surface area contributed by atoms with Gasteiger partial charge in [0.05, 0.1) is 18.6 Å². The average Bonchev–Trinajstić information content (AvgIpc) is 3.27. The summed E-state index contributed by atoms with van der Waals surface area (Å²) in [7, 11) is 1.77. The van der Waals surface area contributed by atoms with Crippen LogP contribution < -0.4 is 0 Å². The molecule has 5 aliphatic rings. The van der Waals surface area contributed by atoms with Crippen LogP contribution in [0.25, 0.3) is 0 Å². The molecule has 4 bridgehead atoms. The maximum Gasteiger partial charge on any atom is 0.309 e. The van der Waals surface area contributed by atoms with Crippen molar-refractivity contribution in [2.75, 3.05) is 20.3 Å². The Balaban J connectivity index is 1.31. The van der Waals surface area contributed by atoms with Gasteiger partial charge in [0.15, 0.2) is 0 Å². The summed E-state index contributed by atoms with van der Waals surface area (Å²) in [5, 5.41) is 0. The molecule has 3 saturated carbocycles. The van der Waals surface area contributed by atoms with Gasteiger partial charge in [0.1, 0.15) is 6.10 Å². The Labute approximate surface area is 131 Å². The van der Waals surface area contributed by atoms with E-state index in [9.17, 15) is 4.79 Å². The highest BCUT2D eigenvalue weighted by molar-refractivity contribution is 5.74. The van der Waals surface area contributed by atoms with Crippen molar-refractivity contribution in [1.82, 2.24) is 0 Å². The van der Waals surface area contributed by atoms with E-state index in [0.717, 1.165) is 32.5 Å². The van der Waals surface area contributed by atoms with E-state index in [4.69, 9.17) is 14.2 Å². The van der Waals surface area contributed by atoms with E-state index in [1.54, 1.807) is 7.11 Å². The zero-order chi connectivity index (χ0) is 14.8. The predicted molar refractivity (Wildman–Crippen MR) is 78.9 cm³/mol. The molecule has 22 heavy (non-hydrogen) atoms. The first kappa shape index (κ1) is 13.6. The van der Waals surface area contributed by atoms with E-state index in [1.165, 1.54) is 0 Å². The van der Waals surface area contributed by atoms with Crippen LogP contribution in [0.5, 0.6) is 0 Å². The van der Waals surface area contributed by atoms with Gasteiger partial charge in [-0.25, -0.2) is 0 Å². The second-order valence-corrected chi connectivity index (χ2v) is 7.93. The standard InChI is InChI=1S/C18H24O4/c1-20-7-14-13-6-12-15(14)8-21-16(12)17(13)22-18(19)11-5-9-2-3-10(11)4-9/h2-3,9-17H,4-8H2,1H3. The van der Waals surface area contributed by atoms with Gasteiger partial charge in [0.2, 0.25) is 0 Å². The van der Waals surface area contributed by atoms with E-state index in [-0.39, 0.29) is 24.1 Å². The van der Waals surface area contributed by atoms with Crippen molar-refractivity contribution in [1.29, 1.82) is 0 Å². The molecule has 4 aliphatic carbocycles. The molecule has 1 saturated heterocycles. The molecule has 120 valence electrons. The van der Waals surface area contributed by atoms with Crippen LogP contribution in [-0.4, -0.2) is 38.5 Å². The highest BCUT2D eigenvalue weighted by Gasteiger charge is 2.63. The number of carbonyl (C=O) groups is 1. The minimum atomic E-state index is -0.0282. The van der Waals surface area contributed by atoms with Gasteiger partial charge in [-0.05, 0) is 48.9 Å². The molecule has 0 aromatic heterocycles. The first-order chi connectivity index (χ1) is 10.8. The monoisotopic (exact) mass is 304 g/mol. The Kier molecular flexibility index (Phi) is 2.97. The molecule has 0 N–H and O–H groups in total. The van der Waals surface area contributed by atoms with Crippen LogP contribution in [0.15, 0.2) is 12.2 Å². The summed E-state index contributed by atoms with van der Waals surface area (Å²) in [6.45, 7) is 1.59. The van der Waals surface area contributed by atoms with E-state index < -0.39 is 0 Å². The van der Waals surface area contributed by atoms with Gasteiger partial charge in [0, 0.05) is 19.6 Å². The van der Waals surface area contributed by atoms with Gasteiger partial charge < -0.3 is 14.2 Å². The Morgan fingerprint density at radius 1 is 1.18 bits per heavy atom. The lowest BCUT2D eigenvalue weighted by molar-refractivity contribution is -0.165. The summed E-state index contributed by atoms with van der Waals surface area (Å²) in [6.07, 6.45) is 7.89. The van der Waals surface area contributed by atoms with E-state index in [1.807, 2.05) is 0 Å². The maximum atomic E-state index is 12.7. The third kappa shape index (κ3) is 1.74. The zero-order valence-corrected chi connectivity index (χ0v) is 13.0. The molecule has 0 amide bonds. The second-order valence-electron chi connectivity index (χ2n) is 7.93. The molecular weight excluding hydrogens is 280 g/mol. The fourth-order valence-corrected chi connectivity index (χ4v) is 6.10. The number of carbonyl (C=O) groups excluding carboxylic acids is 1. The third-order valence-electron chi connectivity index (χ3n) is 7.04. The molecule has 5 rings (SSSR count). The number of allylic oxidation sites excluding steroid dienone is 2. The fraction of sp³-hybridized carbons (Fsp3) is 0.833. The number of hydrogen-bond acceptors (Lipinski definition) is 4. The van der Waals surface area contributed by atoms with Crippen LogP contribution in [0.2, 0.25) is 0 Å². The maximum absolute atomic E-state index is 12.7. The average molecular weight is 304 g/mol. The molecule has 9 atom stereocenters. The molecule has 4 heteroatoms. The van der Waals surface area contributed by atoms with Crippen LogP contribution in [0.1, 0.15) is 19.3 Å². The minimum Gasteiger partial charge on any atom is -0.459 e. The predicted octanol–water partition coefficient (Wildman–Crippen LogP) is 2.04. The summed E-state index contributed by atoms with van der Waals surface area (Å²) in [4.78, 5) is 12.7. The van der Waals surface area contributed by atoms with E-state index in [0.29, 0.717) is 35.5 Å². The molecule has 4 nitrogen and oxygen atoms in total. The first-order valence-corrected chi connectivity index (χ1v) is 8.75. The van der Waals surface area contributed by atoms with E-state index >= 15 is 0 Å². The molecule has 4 fully saturated rings. The molecular formula is C18H24O4. The summed E-state index contributed by atoms with van der Waals surface area (Å²) in [5.41, 5.74) is 0. The Bertz CT molecular complexity index is 515. The van der Waals surface area contributed by atoms with Crippen LogP contribution in [0.4, 0.5) is 0 Å². The van der Waals surface area contributed by atoms with Crippen molar-refractivity contribution in [3.05, 3.63) is 12.2 Å². The Morgan fingerprint density at radius 3 is 2.82 bits per heavy atom. The fourth-order valence-electron chi connectivity index (χ4n) is 6.10. The highest BCUT2D eigenvalue weighted by atomic mass is 16.6. The van der Waals surface area contributed by atoms with Crippen LogP contribution >= 0.6 is 0 Å². The first-order valence-electron chi connectivity index (χ1n) is 8.75. The van der Waals surface area contributed by atoms with Gasteiger partial charge in [0.25, 0.3) is 0 Å². The van der Waals surface area contributed by atoms with Crippen LogP contribution in [-0.2, 0) is 19.0 Å². The molecule has 0 radical (unpaired) electrons. The Hall–Kier alpha value is -0.870. The lowest BCUT2D eigenvalue weighted by Gasteiger charge is -2.33. The summed E-state index contributed by atoms with van der Waals surface area (Å²) in [6, 6.07) is 0. The molecule has 9 unspecified atom stereocenters. The molecule has 0 aromatic rings. The quantitative estimate of drug-likeness (QED) is 0.589. The zero-order valence-electron chi connectivity index (χ0n) is 13.0. The highest BCUT2D eigenvalue weighted by Crippen LogP contribution is 2.58. The number of fused-ring (bicyclic) bond motifs is 3. The summed E-state index contributed by atoms with van der Waals surface area (Å²) < 4.78 is 17.5. The van der Waals surface area contributed by atoms with Crippen LogP contribution in [0, 0.1) is 41.4 Å². The largest absolute Gasteiger partial charge is 0.459 e. The molecule has 1 heterocycles. The Morgan fingerprint density at radius 2 is 2.09 bits per heavy atom. The molecule has 1 aliphatic heterocycles. The lowest BCUT2D eigenvalue weighted by atomic mass is 9.79. The van der Waals surface area contributed by atoms with Crippen molar-refractivity contribution in [3.63, 3.8) is 0 Å². The number of methoxy groups -OCH3 is 1. The van der Waals surface area contributed by atoms with Crippen LogP contribution in [0.3, 0.4) is 0 Å². The normalized spacial score (nSPS) is 53.6. The van der Waals surface area contributed by atoms with Gasteiger partial charge in [-0.1, -0.05) is 12.2 Å². The number of hydrogen-bond donors (Lipinski definition) is 0. The minimum absolute atomic E-state index is 0.0256. The second kappa shape index (κ2) is 4.81. The SMILES string of the molecule is COCC1C2COC3C2CC1C3OC(=O)C1CC2C=CC1C2. The smallest absolute Gasteiger partial charge is 0.309 e. The van der Waals surface area contributed by atoms with Gasteiger partial charge >= 0.3 is 5.97 Å². The van der Waals surface area contributed by atoms with Gasteiger partial charge in [-0.15, -0.1) is 0 Å². The number of ether oxygens (including phenoxy) is 3. The summed E-state index contributed by atoms with van der Waals surface area (Å²) >= 11 is 0. The topological polar surface area (TPSA) is 44.8 Å². The van der Waals surface area contributed by atoms with Crippen molar-refractivity contribution >= 4 is 5.97 Å². The third-order valence-corrected chi connectivity index (χ3v) is 7.04. The van der Waals surface area contributed by atoms with Gasteiger partial charge in [-0.2, -0.15) is 0 Å². The molecule has 0 spiro atoms. The lowest BCUT2D eigenvalue weighted by Crippen LogP contribution is -2.42. The van der Waals surface area contributed by atoms with E-state index in [2.05, 4.69) is 12.2 Å². The summed E-state index contributed by atoms with van der Waals surface area (Å²) in [5.74, 6) is 3.30. The number of esters is 1. The van der Waals surface area contributed by atoms with Gasteiger partial charge in [-0.3, -0.25) is 4.79 Å². The van der Waals surface area contributed by atoms with Crippen molar-refractivity contribution in [3.8, 4) is 0 Å². The van der Waals surface area contributed by atoms with Crippen molar-refractivity contribution in [2.24, 2.45) is 41.4 Å². The molecule has 0 aromatic carbocycles. The number of rotatable bonds is 4. The van der Waals surface area contributed by atoms with Crippen molar-refractivity contribution < 1.29 is 19.0 Å². The van der Waals surface area contributed by atoms with Crippen molar-refractivity contribution in [2.45, 2.75) is 31.5 Å².